The summed E-state index contributed by atoms with van der Waals surface area (Å²) in [4.78, 5) is 17.1. The van der Waals surface area contributed by atoms with Gasteiger partial charge in [-0.1, -0.05) is 0 Å². The molecule has 0 fully saturated rings. The van der Waals surface area contributed by atoms with Gasteiger partial charge < -0.3 is 0 Å². The fourth-order valence-electron chi connectivity index (χ4n) is 1.39. The molecule has 0 atom stereocenters. The van der Waals surface area contributed by atoms with Crippen molar-refractivity contribution in [3.05, 3.63) is 36.9 Å². The number of carbonyl (C=O) groups excluding carboxylic acids is 1. The minimum absolute atomic E-state index is 0.222. The molecule has 84 valence electrons. The highest BCUT2D eigenvalue weighted by Gasteiger charge is 2.09. The maximum absolute atomic E-state index is 11.8. The van der Waals surface area contributed by atoms with E-state index in [2.05, 4.69) is 20.9 Å². The van der Waals surface area contributed by atoms with Crippen LogP contribution >= 0.6 is 38.6 Å². The van der Waals surface area contributed by atoms with Gasteiger partial charge in [0.1, 0.15) is 5.78 Å². The van der Waals surface area contributed by atoms with Gasteiger partial charge in [0.2, 0.25) is 0 Å². The van der Waals surface area contributed by atoms with Gasteiger partial charge in [0.25, 0.3) is 0 Å². The van der Waals surface area contributed by atoms with Gasteiger partial charge in [-0.05, 0) is 28.9 Å². The van der Waals surface area contributed by atoms with Crippen LogP contribution in [0.15, 0.2) is 21.3 Å². The first-order valence-corrected chi connectivity index (χ1v) is 7.34. The van der Waals surface area contributed by atoms with E-state index in [4.69, 9.17) is 0 Å². The van der Waals surface area contributed by atoms with Crippen molar-refractivity contribution in [3.63, 3.8) is 0 Å². The van der Waals surface area contributed by atoms with Crippen LogP contribution < -0.4 is 0 Å². The topological polar surface area (TPSA) is 30.0 Å². The van der Waals surface area contributed by atoms with Crippen LogP contribution in [0.4, 0.5) is 0 Å². The standard InChI is InChI=1S/C11H10BrNOS2/c1-7-13-9(6-15-7)3-10(14)4-11-2-8(12)5-16-11/h2,5-6H,3-4H2,1H3. The molecule has 16 heavy (non-hydrogen) atoms. The number of halogens is 1. The summed E-state index contributed by atoms with van der Waals surface area (Å²) in [6.07, 6.45) is 0.951. The smallest absolute Gasteiger partial charge is 0.144 e. The number of thiophene rings is 1. The third-order valence-electron chi connectivity index (χ3n) is 2.04. The van der Waals surface area contributed by atoms with Gasteiger partial charge in [0.15, 0.2) is 0 Å². The van der Waals surface area contributed by atoms with Gasteiger partial charge in [0, 0.05) is 33.0 Å². The molecule has 0 spiro atoms. The first kappa shape index (κ1) is 12.0. The van der Waals surface area contributed by atoms with E-state index in [1.165, 1.54) is 0 Å². The second kappa shape index (κ2) is 5.21. The normalized spacial score (nSPS) is 10.6. The number of thiazole rings is 1. The van der Waals surface area contributed by atoms with E-state index in [1.54, 1.807) is 22.7 Å². The van der Waals surface area contributed by atoms with Gasteiger partial charge in [-0.2, -0.15) is 0 Å². The molecule has 0 saturated heterocycles. The Labute approximate surface area is 110 Å². The highest BCUT2D eigenvalue weighted by Crippen LogP contribution is 2.20. The first-order valence-electron chi connectivity index (χ1n) is 4.79. The highest BCUT2D eigenvalue weighted by atomic mass is 79.9. The molecule has 5 heteroatoms. The van der Waals surface area contributed by atoms with Crippen molar-refractivity contribution in [2.45, 2.75) is 19.8 Å². The van der Waals surface area contributed by atoms with Gasteiger partial charge in [-0.15, -0.1) is 22.7 Å². The molecule has 0 amide bonds. The van der Waals surface area contributed by atoms with Crippen molar-refractivity contribution < 1.29 is 4.79 Å². The molecule has 2 aromatic rings. The van der Waals surface area contributed by atoms with Crippen LogP contribution in [0.2, 0.25) is 0 Å². The van der Waals surface area contributed by atoms with Crippen molar-refractivity contribution >= 4 is 44.4 Å². The Kier molecular flexibility index (Phi) is 3.89. The van der Waals surface area contributed by atoms with Crippen molar-refractivity contribution in [1.82, 2.24) is 4.98 Å². The number of carbonyl (C=O) groups is 1. The van der Waals surface area contributed by atoms with Gasteiger partial charge >= 0.3 is 0 Å². The number of hydrogen-bond donors (Lipinski definition) is 0. The Morgan fingerprint density at radius 2 is 2.19 bits per heavy atom. The summed E-state index contributed by atoms with van der Waals surface area (Å²) in [5.41, 5.74) is 0.892. The molecule has 0 N–H and O–H groups in total. The van der Waals surface area contributed by atoms with Crippen LogP contribution in [0.3, 0.4) is 0 Å². The third kappa shape index (κ3) is 3.23. The zero-order chi connectivity index (χ0) is 11.5. The summed E-state index contributed by atoms with van der Waals surface area (Å²) in [5.74, 6) is 0.222. The van der Waals surface area contributed by atoms with Crippen LogP contribution in [0.5, 0.6) is 0 Å². The summed E-state index contributed by atoms with van der Waals surface area (Å²) in [5, 5.41) is 4.97. The van der Waals surface area contributed by atoms with Crippen LogP contribution in [-0.2, 0) is 17.6 Å². The molecular formula is C11H10BrNOS2. The lowest BCUT2D eigenvalue weighted by atomic mass is 10.1. The number of aromatic nitrogens is 1. The van der Waals surface area contributed by atoms with E-state index in [0.29, 0.717) is 12.8 Å². The second-order valence-electron chi connectivity index (χ2n) is 3.48. The van der Waals surface area contributed by atoms with E-state index in [1.807, 2.05) is 23.8 Å². The quantitative estimate of drug-likeness (QED) is 0.862. The van der Waals surface area contributed by atoms with Gasteiger partial charge in [-0.3, -0.25) is 4.79 Å². The summed E-state index contributed by atoms with van der Waals surface area (Å²) in [7, 11) is 0. The average Bonchev–Trinajstić information content (AvgIpc) is 2.76. The number of nitrogens with zero attached hydrogens (tertiary/aromatic N) is 1. The minimum atomic E-state index is 0.222. The minimum Gasteiger partial charge on any atom is -0.299 e. The molecule has 0 radical (unpaired) electrons. The summed E-state index contributed by atoms with van der Waals surface area (Å²) in [6.45, 7) is 1.95. The number of ketones is 1. The lowest BCUT2D eigenvalue weighted by molar-refractivity contribution is -0.117. The molecule has 2 aromatic heterocycles. The van der Waals surface area contributed by atoms with Crippen molar-refractivity contribution in [2.24, 2.45) is 0 Å². The van der Waals surface area contributed by atoms with E-state index >= 15 is 0 Å². The highest BCUT2D eigenvalue weighted by molar-refractivity contribution is 9.10. The zero-order valence-electron chi connectivity index (χ0n) is 8.70. The maximum atomic E-state index is 11.8. The van der Waals surface area contributed by atoms with Crippen LogP contribution in [0, 0.1) is 6.92 Å². The zero-order valence-corrected chi connectivity index (χ0v) is 11.9. The number of aryl methyl sites for hydroxylation is 1. The molecule has 0 bridgehead atoms. The average molecular weight is 316 g/mol. The lowest BCUT2D eigenvalue weighted by Gasteiger charge is -1.95. The molecule has 0 aromatic carbocycles. The maximum Gasteiger partial charge on any atom is 0.144 e. The molecule has 0 unspecified atom stereocenters. The Bertz CT molecular complexity index is 459. The number of hydrogen-bond acceptors (Lipinski definition) is 4. The third-order valence-corrected chi connectivity index (χ3v) is 4.56. The lowest BCUT2D eigenvalue weighted by Crippen LogP contribution is -2.05. The van der Waals surface area contributed by atoms with Crippen molar-refractivity contribution in [2.75, 3.05) is 0 Å². The molecule has 0 aliphatic carbocycles. The van der Waals surface area contributed by atoms with E-state index < -0.39 is 0 Å². The molecule has 2 heterocycles. The predicted molar refractivity (Wildman–Crippen MR) is 71.3 cm³/mol. The van der Waals surface area contributed by atoms with Gasteiger partial charge in [0.05, 0.1) is 10.7 Å². The van der Waals surface area contributed by atoms with Crippen molar-refractivity contribution in [3.8, 4) is 0 Å². The van der Waals surface area contributed by atoms with Crippen LogP contribution in [-0.4, -0.2) is 10.8 Å². The molecule has 0 aliphatic heterocycles. The number of Topliss-reactive ketones (excluding diaryl/α,β-unsaturated/α-hetero) is 1. The monoisotopic (exact) mass is 315 g/mol. The Hall–Kier alpha value is -0.520. The summed E-state index contributed by atoms with van der Waals surface area (Å²) >= 11 is 6.58. The summed E-state index contributed by atoms with van der Waals surface area (Å²) < 4.78 is 1.05. The molecule has 2 nitrogen and oxygen atoms in total. The fourth-order valence-corrected chi connectivity index (χ4v) is 3.49. The predicted octanol–water partition coefficient (Wildman–Crippen LogP) is 3.63. The fraction of sp³-hybridized carbons (Fsp3) is 0.273. The number of rotatable bonds is 4. The summed E-state index contributed by atoms with van der Waals surface area (Å²) in [6, 6.07) is 1.99. The first-order chi connectivity index (χ1) is 7.63. The Balaban J connectivity index is 1.94. The second-order valence-corrected chi connectivity index (χ2v) is 6.46. The van der Waals surface area contributed by atoms with Crippen molar-refractivity contribution in [1.29, 1.82) is 0 Å². The van der Waals surface area contributed by atoms with E-state index in [-0.39, 0.29) is 5.78 Å². The largest absolute Gasteiger partial charge is 0.299 e. The van der Waals surface area contributed by atoms with E-state index in [0.717, 1.165) is 20.1 Å². The molecule has 2 rings (SSSR count). The van der Waals surface area contributed by atoms with Crippen LogP contribution in [0.25, 0.3) is 0 Å². The molecule has 0 saturated carbocycles. The molecule has 0 aliphatic rings. The van der Waals surface area contributed by atoms with Crippen LogP contribution in [0.1, 0.15) is 15.6 Å². The Morgan fingerprint density at radius 1 is 1.38 bits per heavy atom. The van der Waals surface area contributed by atoms with Gasteiger partial charge in [-0.25, -0.2) is 4.98 Å². The molecular weight excluding hydrogens is 306 g/mol. The van der Waals surface area contributed by atoms with E-state index in [9.17, 15) is 4.79 Å². The Morgan fingerprint density at radius 3 is 2.75 bits per heavy atom. The SMILES string of the molecule is Cc1nc(CC(=O)Cc2cc(Br)cs2)cs1.